The van der Waals surface area contributed by atoms with Crippen LogP contribution in [0.25, 0.3) is 0 Å². The van der Waals surface area contributed by atoms with E-state index in [0.717, 1.165) is 37.1 Å². The van der Waals surface area contributed by atoms with Crippen molar-refractivity contribution in [2.75, 3.05) is 13.2 Å². The maximum Gasteiger partial charge on any atom is 0.242 e. The van der Waals surface area contributed by atoms with Crippen LogP contribution in [0.3, 0.4) is 0 Å². The van der Waals surface area contributed by atoms with Gasteiger partial charge in [0.2, 0.25) is 21.8 Å². The van der Waals surface area contributed by atoms with Gasteiger partial charge in [-0.3, -0.25) is 9.59 Å². The van der Waals surface area contributed by atoms with Gasteiger partial charge in [0.1, 0.15) is 23.7 Å². The number of carbonyl (C=O) groups is 2. The third-order valence-electron chi connectivity index (χ3n) is 6.09. The van der Waals surface area contributed by atoms with E-state index in [1.54, 1.807) is 24.3 Å². The van der Waals surface area contributed by atoms with E-state index in [2.05, 4.69) is 15.4 Å². The highest BCUT2D eigenvalue weighted by Crippen LogP contribution is 2.17. The van der Waals surface area contributed by atoms with Crippen molar-refractivity contribution in [3.05, 3.63) is 59.9 Å². The van der Waals surface area contributed by atoms with E-state index in [1.807, 2.05) is 6.92 Å². The van der Waals surface area contributed by atoms with E-state index < -0.39 is 45.8 Å². The molecule has 37 heavy (non-hydrogen) atoms. The molecule has 0 spiro atoms. The third-order valence-corrected chi connectivity index (χ3v) is 7.58. The molecule has 0 unspecified atom stereocenters. The van der Waals surface area contributed by atoms with Gasteiger partial charge in [0.05, 0.1) is 24.2 Å². The summed E-state index contributed by atoms with van der Waals surface area (Å²) in [7, 11) is -4.18. The van der Waals surface area contributed by atoms with Crippen LogP contribution in [0.15, 0.2) is 53.4 Å². The van der Waals surface area contributed by atoms with Gasteiger partial charge >= 0.3 is 0 Å². The molecule has 2 aliphatic rings. The molecule has 2 amide bonds. The molecule has 0 saturated heterocycles. The minimum absolute atomic E-state index is 0.00622. The number of hydrogen-bond donors (Lipinski definition) is 4. The zero-order valence-electron chi connectivity index (χ0n) is 20.8. The van der Waals surface area contributed by atoms with Crippen LogP contribution in [-0.4, -0.2) is 56.7 Å². The predicted octanol–water partition coefficient (Wildman–Crippen LogP) is 2.04. The lowest BCUT2D eigenvalue weighted by Crippen LogP contribution is -2.55. The first-order chi connectivity index (χ1) is 17.7. The summed E-state index contributed by atoms with van der Waals surface area (Å²) in [6.45, 7) is 2.08. The first kappa shape index (κ1) is 28.5. The van der Waals surface area contributed by atoms with Crippen molar-refractivity contribution in [2.45, 2.75) is 68.5 Å². The Morgan fingerprint density at radius 2 is 1.73 bits per heavy atom. The lowest BCUT2D eigenvalue weighted by molar-refractivity contribution is -0.130. The second-order valence-electron chi connectivity index (χ2n) is 9.06. The number of amides is 2. The molecule has 2 aromatic rings. The number of ether oxygens (including phenoxy) is 1. The molecule has 0 fully saturated rings. The van der Waals surface area contributed by atoms with Crippen LogP contribution in [0.2, 0.25) is 0 Å². The third kappa shape index (κ3) is 8.51. The van der Waals surface area contributed by atoms with Gasteiger partial charge in [-0.2, -0.15) is 4.72 Å². The number of halogens is 1. The Morgan fingerprint density at radius 3 is 2.38 bits per heavy atom. The maximum atomic E-state index is 13.4. The topological polar surface area (TPSA) is 134 Å². The van der Waals surface area contributed by atoms with Gasteiger partial charge in [0, 0.05) is 0 Å². The Kier molecular flexibility index (Phi) is 10.4. The molecular weight excluding hydrogens is 501 g/mol. The van der Waals surface area contributed by atoms with E-state index in [9.17, 15) is 27.5 Å². The largest absolute Gasteiger partial charge is 0.494 e. The zero-order chi connectivity index (χ0) is 26.8. The maximum absolute atomic E-state index is 13.4. The lowest BCUT2D eigenvalue weighted by Gasteiger charge is -2.25. The van der Waals surface area contributed by atoms with E-state index in [1.165, 1.54) is 0 Å². The van der Waals surface area contributed by atoms with E-state index in [0.29, 0.717) is 37.2 Å². The van der Waals surface area contributed by atoms with Gasteiger partial charge in [0.25, 0.3) is 0 Å². The molecule has 0 aliphatic carbocycles. The van der Waals surface area contributed by atoms with Crippen LogP contribution in [0.1, 0.15) is 44.6 Å². The number of fused-ring (bicyclic) bond motifs is 14. The van der Waals surface area contributed by atoms with Gasteiger partial charge in [-0.15, -0.1) is 0 Å². The Balaban J connectivity index is 1.91. The summed E-state index contributed by atoms with van der Waals surface area (Å²) >= 11 is 0. The summed E-state index contributed by atoms with van der Waals surface area (Å²) in [6.07, 6.45) is 2.92. The molecule has 202 valence electrons. The summed E-state index contributed by atoms with van der Waals surface area (Å²) in [4.78, 5) is 26.1. The Bertz CT molecular complexity index is 1140. The number of sulfonamides is 1. The molecule has 9 nitrogen and oxygen atoms in total. The number of aliphatic hydroxyl groups excluding tert-OH is 1. The van der Waals surface area contributed by atoms with E-state index in [-0.39, 0.29) is 17.9 Å². The predicted molar refractivity (Wildman–Crippen MR) is 136 cm³/mol. The van der Waals surface area contributed by atoms with Crippen molar-refractivity contribution in [1.82, 2.24) is 15.4 Å². The molecule has 4 rings (SSSR count). The fourth-order valence-corrected chi connectivity index (χ4v) is 5.23. The molecule has 2 aromatic carbocycles. The standard InChI is InChI=1S/C26H34FN3O6S/c1-2-5-23-25(32)28-20(17-31)6-3-4-15-36-21-11-7-18(8-12-21)16-24(26(33)29-23)30-37(34,35)22-13-9-19(27)10-14-22/h7-14,20,23-24,30-31H,2-6,15-17H2,1H3,(H,28,32)(H,29,33)/t20-,23-,24-/m0/s1. The average molecular weight is 536 g/mol. The van der Waals surface area contributed by atoms with Crippen molar-refractivity contribution in [3.8, 4) is 5.75 Å². The summed E-state index contributed by atoms with van der Waals surface area (Å²) in [5.74, 6) is -1.08. The van der Waals surface area contributed by atoms with Crippen LogP contribution < -0.4 is 20.1 Å². The minimum atomic E-state index is -4.18. The number of benzene rings is 2. The molecule has 0 radical (unpaired) electrons. The Morgan fingerprint density at radius 1 is 1.03 bits per heavy atom. The molecular formula is C26H34FN3O6S. The van der Waals surface area contributed by atoms with E-state index >= 15 is 0 Å². The first-order valence-corrected chi connectivity index (χ1v) is 13.9. The molecule has 4 N–H and O–H groups in total. The average Bonchev–Trinajstić information content (AvgIpc) is 2.87. The highest BCUT2D eigenvalue weighted by molar-refractivity contribution is 7.89. The number of carbonyl (C=O) groups excluding carboxylic acids is 2. The summed E-state index contributed by atoms with van der Waals surface area (Å²) < 4.78 is 47.5. The molecule has 2 aliphatic heterocycles. The molecule has 2 bridgehead atoms. The number of rotatable bonds is 6. The summed E-state index contributed by atoms with van der Waals surface area (Å²) in [5.41, 5.74) is 0.676. The second-order valence-corrected chi connectivity index (χ2v) is 10.8. The molecule has 3 atom stereocenters. The Hall–Kier alpha value is -3.02. The summed E-state index contributed by atoms with van der Waals surface area (Å²) in [6, 6.07) is 8.62. The summed E-state index contributed by atoms with van der Waals surface area (Å²) in [5, 5.41) is 15.2. The van der Waals surface area contributed by atoms with Gasteiger partial charge in [-0.1, -0.05) is 25.5 Å². The van der Waals surface area contributed by atoms with Crippen LogP contribution in [-0.2, 0) is 26.0 Å². The normalized spacial score (nSPS) is 22.0. The van der Waals surface area contributed by atoms with Crippen LogP contribution in [0.5, 0.6) is 5.75 Å². The molecule has 11 heteroatoms. The van der Waals surface area contributed by atoms with Crippen molar-refractivity contribution in [1.29, 1.82) is 0 Å². The van der Waals surface area contributed by atoms with Crippen LogP contribution in [0, 0.1) is 5.82 Å². The molecule has 0 aromatic heterocycles. The van der Waals surface area contributed by atoms with Crippen LogP contribution in [0.4, 0.5) is 4.39 Å². The van der Waals surface area contributed by atoms with E-state index in [4.69, 9.17) is 4.74 Å². The quantitative estimate of drug-likeness (QED) is 0.447. The van der Waals surface area contributed by atoms with Gasteiger partial charge in [-0.25, -0.2) is 12.8 Å². The van der Waals surface area contributed by atoms with Crippen molar-refractivity contribution in [2.24, 2.45) is 0 Å². The monoisotopic (exact) mass is 535 g/mol. The number of hydrogen-bond acceptors (Lipinski definition) is 6. The van der Waals surface area contributed by atoms with Gasteiger partial charge in [0.15, 0.2) is 0 Å². The second kappa shape index (κ2) is 13.5. The number of aliphatic hydroxyl groups is 1. The van der Waals surface area contributed by atoms with Crippen molar-refractivity contribution < 1.29 is 32.2 Å². The minimum Gasteiger partial charge on any atom is -0.494 e. The highest BCUT2D eigenvalue weighted by Gasteiger charge is 2.30. The molecule has 2 heterocycles. The lowest BCUT2D eigenvalue weighted by atomic mass is 10.0. The Labute approximate surface area is 216 Å². The highest BCUT2D eigenvalue weighted by atomic mass is 32.2. The van der Waals surface area contributed by atoms with Crippen LogP contribution >= 0.6 is 0 Å². The first-order valence-electron chi connectivity index (χ1n) is 12.4. The zero-order valence-corrected chi connectivity index (χ0v) is 21.6. The van der Waals surface area contributed by atoms with Crippen molar-refractivity contribution >= 4 is 21.8 Å². The van der Waals surface area contributed by atoms with Crippen molar-refractivity contribution in [3.63, 3.8) is 0 Å². The fraction of sp³-hybridized carbons (Fsp3) is 0.462. The van der Waals surface area contributed by atoms with Gasteiger partial charge < -0.3 is 20.5 Å². The smallest absolute Gasteiger partial charge is 0.242 e. The SMILES string of the molecule is CCC[C@@H]1NC(=O)[C@@H](NS(=O)(=O)c2ccc(F)cc2)Cc2ccc(cc2)OCCCC[C@@H](CO)NC1=O. The number of nitrogens with one attached hydrogen (secondary N) is 3. The van der Waals surface area contributed by atoms with Gasteiger partial charge in [-0.05, 0) is 74.1 Å². The fourth-order valence-electron chi connectivity index (χ4n) is 4.04. The molecule has 0 saturated carbocycles.